The minimum atomic E-state index is 0.144. The lowest BCUT2D eigenvalue weighted by Crippen LogP contribution is -2.88. The van der Waals surface area contributed by atoms with E-state index in [4.69, 9.17) is 23.2 Å². The molecule has 0 aliphatic carbocycles. The van der Waals surface area contributed by atoms with Crippen molar-refractivity contribution in [1.82, 2.24) is 4.98 Å². The zero-order valence-electron chi connectivity index (χ0n) is 15.0. The molecule has 2 heterocycles. The van der Waals surface area contributed by atoms with E-state index >= 15 is 0 Å². The maximum atomic E-state index is 9.66. The average Bonchev–Trinajstić information content (AvgIpc) is 3.08. The molecule has 0 unspecified atom stereocenters. The molecule has 0 amide bonds. The highest BCUT2D eigenvalue weighted by Gasteiger charge is 2.36. The lowest BCUT2D eigenvalue weighted by Gasteiger charge is -2.29. The molecule has 1 aliphatic heterocycles. The van der Waals surface area contributed by atoms with Crippen LogP contribution in [0.25, 0.3) is 10.9 Å². The number of nitrogens with one attached hydrogen (secondary N) is 1. The van der Waals surface area contributed by atoms with Gasteiger partial charge in [0.2, 0.25) is 0 Å². The van der Waals surface area contributed by atoms with Gasteiger partial charge in [0.15, 0.2) is 6.04 Å². The Morgan fingerprint density at radius 1 is 0.964 bits per heavy atom. The summed E-state index contributed by atoms with van der Waals surface area (Å²) in [6.45, 7) is 0.877. The summed E-state index contributed by atoms with van der Waals surface area (Å²) < 4.78 is 0. The fourth-order valence-corrected chi connectivity index (χ4v) is 4.90. The maximum Gasteiger partial charge on any atom is 0.153 e. The van der Waals surface area contributed by atoms with E-state index in [0.29, 0.717) is 10.0 Å². The van der Waals surface area contributed by atoms with Crippen molar-refractivity contribution < 1.29 is 10.4 Å². The van der Waals surface area contributed by atoms with E-state index in [-0.39, 0.29) is 17.7 Å². The third-order valence-electron chi connectivity index (χ3n) is 5.63. The molecular formula is C23H19Cl2N2O+. The van der Waals surface area contributed by atoms with Crippen molar-refractivity contribution in [3.05, 3.63) is 99.2 Å². The molecule has 3 nitrogen and oxygen atoms in total. The van der Waals surface area contributed by atoms with Crippen molar-refractivity contribution >= 4 is 34.1 Å². The zero-order valence-corrected chi connectivity index (χ0v) is 16.5. The van der Waals surface area contributed by atoms with Crippen LogP contribution in [0.15, 0.2) is 66.7 Å². The average molecular weight is 410 g/mol. The number of aromatic nitrogens is 1. The Hall–Kier alpha value is -2.46. The van der Waals surface area contributed by atoms with Crippen LogP contribution in [0.5, 0.6) is 5.75 Å². The number of para-hydroxylation sites is 1. The van der Waals surface area contributed by atoms with E-state index in [0.717, 1.165) is 23.2 Å². The van der Waals surface area contributed by atoms with Crippen molar-refractivity contribution in [2.45, 2.75) is 12.0 Å². The van der Waals surface area contributed by atoms with E-state index in [1.54, 1.807) is 12.1 Å². The number of nitrogens with two attached hydrogens (primary N) is 1. The van der Waals surface area contributed by atoms with Crippen molar-refractivity contribution in [2.75, 3.05) is 6.54 Å². The molecule has 140 valence electrons. The summed E-state index contributed by atoms with van der Waals surface area (Å²) in [5, 5.41) is 14.6. The lowest BCUT2D eigenvalue weighted by atomic mass is 9.83. The first kappa shape index (κ1) is 17.6. The Balaban J connectivity index is 1.71. The largest absolute Gasteiger partial charge is 0.508 e. The number of rotatable bonds is 2. The molecule has 5 heteroatoms. The van der Waals surface area contributed by atoms with Gasteiger partial charge in [-0.25, -0.2) is 0 Å². The van der Waals surface area contributed by atoms with Crippen molar-refractivity contribution in [2.24, 2.45) is 0 Å². The number of phenolic OH excluding ortho intramolecular Hbond substituents is 1. The van der Waals surface area contributed by atoms with Crippen LogP contribution in [0.2, 0.25) is 10.0 Å². The molecule has 0 radical (unpaired) electrons. The quantitative estimate of drug-likeness (QED) is 0.429. The number of benzene rings is 3. The molecule has 5 rings (SSSR count). The molecule has 0 bridgehead atoms. The van der Waals surface area contributed by atoms with Gasteiger partial charge in [0.1, 0.15) is 5.75 Å². The predicted octanol–water partition coefficient (Wildman–Crippen LogP) is 4.98. The monoisotopic (exact) mass is 409 g/mol. The highest BCUT2D eigenvalue weighted by atomic mass is 35.5. The van der Waals surface area contributed by atoms with Crippen LogP contribution >= 0.6 is 23.2 Å². The number of hydrogen-bond donors (Lipinski definition) is 3. The summed E-state index contributed by atoms with van der Waals surface area (Å²) in [6.07, 6.45) is 0. The summed E-state index contributed by atoms with van der Waals surface area (Å²) in [5.41, 5.74) is 5.86. The molecule has 4 aromatic rings. The van der Waals surface area contributed by atoms with E-state index < -0.39 is 0 Å². The van der Waals surface area contributed by atoms with Gasteiger partial charge in [-0.05, 0) is 48.0 Å². The van der Waals surface area contributed by atoms with Crippen LogP contribution in [-0.4, -0.2) is 16.6 Å². The van der Waals surface area contributed by atoms with Crippen LogP contribution in [0.3, 0.4) is 0 Å². The topological polar surface area (TPSA) is 52.6 Å². The van der Waals surface area contributed by atoms with Gasteiger partial charge in [0.25, 0.3) is 0 Å². The second-order valence-corrected chi connectivity index (χ2v) is 8.10. The number of quaternary nitrogens is 1. The third-order valence-corrected chi connectivity index (χ3v) is 6.20. The number of H-pyrrole nitrogens is 1. The predicted molar refractivity (Wildman–Crippen MR) is 113 cm³/mol. The summed E-state index contributed by atoms with van der Waals surface area (Å²) in [4.78, 5) is 3.65. The molecule has 28 heavy (non-hydrogen) atoms. The Morgan fingerprint density at radius 3 is 2.54 bits per heavy atom. The SMILES string of the molecule is Oc1ccc([C@H]2[NH2+]C[C@@H](c3ccc(Cl)cc3Cl)c3c2[nH]c2ccccc32)cc1. The second-order valence-electron chi connectivity index (χ2n) is 7.26. The Kier molecular flexibility index (Phi) is 4.31. The molecule has 3 aromatic carbocycles. The van der Waals surface area contributed by atoms with Crippen molar-refractivity contribution in [1.29, 1.82) is 0 Å². The lowest BCUT2D eigenvalue weighted by molar-refractivity contribution is -0.692. The van der Waals surface area contributed by atoms with Crippen LogP contribution in [-0.2, 0) is 0 Å². The van der Waals surface area contributed by atoms with E-state index in [2.05, 4.69) is 28.5 Å². The van der Waals surface area contributed by atoms with Gasteiger partial charge < -0.3 is 15.4 Å². The summed E-state index contributed by atoms with van der Waals surface area (Å²) in [7, 11) is 0. The van der Waals surface area contributed by atoms with Crippen molar-refractivity contribution in [3.63, 3.8) is 0 Å². The fraction of sp³-hybridized carbons (Fsp3) is 0.130. The Labute approximate surface area is 172 Å². The van der Waals surface area contributed by atoms with Crippen LogP contribution in [0.4, 0.5) is 0 Å². The highest BCUT2D eigenvalue weighted by molar-refractivity contribution is 6.35. The van der Waals surface area contributed by atoms with Gasteiger partial charge in [-0.1, -0.05) is 47.5 Å². The third kappa shape index (κ3) is 2.87. The minimum absolute atomic E-state index is 0.144. The molecule has 0 fully saturated rings. The van der Waals surface area contributed by atoms with E-state index in [1.165, 1.54) is 16.6 Å². The zero-order chi connectivity index (χ0) is 19.3. The maximum absolute atomic E-state index is 9.66. The normalized spacial score (nSPS) is 18.9. The second kappa shape index (κ2) is 6.85. The first-order valence-corrected chi connectivity index (χ1v) is 10.0. The first-order valence-electron chi connectivity index (χ1n) is 9.29. The minimum Gasteiger partial charge on any atom is -0.508 e. The summed E-state index contributed by atoms with van der Waals surface area (Å²) in [6, 6.07) is 21.8. The van der Waals surface area contributed by atoms with E-state index in [9.17, 15) is 5.11 Å². The number of fused-ring (bicyclic) bond motifs is 3. The van der Waals surface area contributed by atoms with Gasteiger partial charge in [0.05, 0.1) is 18.2 Å². The number of phenols is 1. The molecule has 0 saturated carbocycles. The Morgan fingerprint density at radius 2 is 1.75 bits per heavy atom. The van der Waals surface area contributed by atoms with E-state index in [1.807, 2.05) is 36.4 Å². The molecular weight excluding hydrogens is 391 g/mol. The molecule has 1 aliphatic rings. The Bertz CT molecular complexity index is 1170. The molecule has 0 spiro atoms. The first-order chi connectivity index (χ1) is 13.6. The van der Waals surface area contributed by atoms with Crippen molar-refractivity contribution in [3.8, 4) is 5.75 Å². The highest BCUT2D eigenvalue weighted by Crippen LogP contribution is 2.41. The molecule has 1 aromatic heterocycles. The fourth-order valence-electron chi connectivity index (χ4n) is 4.36. The smallest absolute Gasteiger partial charge is 0.153 e. The number of halogens is 2. The number of aromatic hydroxyl groups is 1. The number of aromatic amines is 1. The summed E-state index contributed by atoms with van der Waals surface area (Å²) >= 11 is 12.7. The molecule has 4 N–H and O–H groups in total. The molecule has 0 saturated heterocycles. The van der Waals surface area contributed by atoms with Crippen LogP contribution in [0, 0.1) is 0 Å². The number of hydrogen-bond acceptors (Lipinski definition) is 1. The summed E-state index contributed by atoms with van der Waals surface area (Å²) in [5.74, 6) is 0.450. The van der Waals surface area contributed by atoms with Gasteiger partial charge >= 0.3 is 0 Å². The standard InChI is InChI=1S/C23H18Cl2N2O/c24-14-7-10-16(19(25)11-14)18-12-26-22(13-5-8-15(28)9-6-13)23-21(18)17-3-1-2-4-20(17)27-23/h1-11,18,22,26-28H,12H2/p+1/t18-,22+/m0/s1. The van der Waals surface area contributed by atoms with Gasteiger partial charge in [-0.15, -0.1) is 0 Å². The van der Waals surface area contributed by atoms with Crippen LogP contribution < -0.4 is 5.32 Å². The van der Waals surface area contributed by atoms with Gasteiger partial charge in [0, 0.05) is 32.1 Å². The molecule has 2 atom stereocenters. The van der Waals surface area contributed by atoms with Gasteiger partial charge in [-0.2, -0.15) is 0 Å². The van der Waals surface area contributed by atoms with Gasteiger partial charge in [-0.3, -0.25) is 0 Å². The van der Waals surface area contributed by atoms with Crippen LogP contribution in [0.1, 0.15) is 34.3 Å².